The molecule has 1 N–H and O–H groups in total. The predicted molar refractivity (Wildman–Crippen MR) is 76.8 cm³/mol. The fraction of sp³-hybridized carbons (Fsp3) is 0.769. The summed E-state index contributed by atoms with van der Waals surface area (Å²) in [6.07, 6.45) is 2.16. The molecule has 98 valence electrons. The van der Waals surface area contributed by atoms with Crippen LogP contribution in [0.3, 0.4) is 0 Å². The van der Waals surface area contributed by atoms with Gasteiger partial charge in [-0.3, -0.25) is 4.68 Å². The zero-order chi connectivity index (χ0) is 13.0. The van der Waals surface area contributed by atoms with E-state index in [1.54, 1.807) is 0 Å². The molecule has 0 aliphatic carbocycles. The number of hydrogen-bond donors (Lipinski definition) is 1. The van der Waals surface area contributed by atoms with Crippen molar-refractivity contribution in [2.75, 3.05) is 12.8 Å². The second kappa shape index (κ2) is 6.45. The van der Waals surface area contributed by atoms with Crippen LogP contribution in [0.25, 0.3) is 0 Å². The molecular weight excluding hydrogens is 230 g/mol. The van der Waals surface area contributed by atoms with Crippen LogP contribution in [-0.2, 0) is 6.54 Å². The Morgan fingerprint density at radius 3 is 2.47 bits per heavy atom. The highest BCUT2D eigenvalue weighted by atomic mass is 32.2. The van der Waals surface area contributed by atoms with E-state index in [4.69, 9.17) is 0 Å². The molecule has 0 spiro atoms. The Bertz CT molecular complexity index is 360. The molecule has 1 heterocycles. The highest BCUT2D eigenvalue weighted by Gasteiger charge is 2.16. The molecular formula is C13H25N3S. The number of aromatic nitrogens is 2. The molecule has 2 atom stereocenters. The van der Waals surface area contributed by atoms with Crippen LogP contribution < -0.4 is 5.32 Å². The van der Waals surface area contributed by atoms with E-state index in [0.717, 1.165) is 18.8 Å². The van der Waals surface area contributed by atoms with Gasteiger partial charge in [-0.25, -0.2) is 0 Å². The quantitative estimate of drug-likeness (QED) is 0.847. The minimum atomic E-state index is 0.380. The topological polar surface area (TPSA) is 29.9 Å². The van der Waals surface area contributed by atoms with Crippen LogP contribution in [0.5, 0.6) is 0 Å². The molecule has 3 nitrogen and oxygen atoms in total. The molecule has 2 unspecified atom stereocenters. The third-order valence-corrected chi connectivity index (χ3v) is 4.26. The number of hydrogen-bond acceptors (Lipinski definition) is 3. The summed E-state index contributed by atoms with van der Waals surface area (Å²) >= 11 is 1.90. The molecule has 17 heavy (non-hydrogen) atoms. The minimum absolute atomic E-state index is 0.380. The summed E-state index contributed by atoms with van der Waals surface area (Å²) in [6, 6.07) is 0.380. The van der Waals surface area contributed by atoms with E-state index in [-0.39, 0.29) is 0 Å². The molecule has 0 saturated heterocycles. The van der Waals surface area contributed by atoms with Crippen LogP contribution in [0.2, 0.25) is 0 Å². The largest absolute Gasteiger partial charge is 0.309 e. The van der Waals surface area contributed by atoms with Crippen molar-refractivity contribution < 1.29 is 0 Å². The summed E-state index contributed by atoms with van der Waals surface area (Å²) in [7, 11) is 0. The number of aryl methyl sites for hydroxylation is 2. The lowest BCUT2D eigenvalue weighted by atomic mass is 10.1. The van der Waals surface area contributed by atoms with Gasteiger partial charge >= 0.3 is 0 Å². The van der Waals surface area contributed by atoms with Crippen molar-refractivity contribution in [2.24, 2.45) is 0 Å². The Hall–Kier alpha value is -0.480. The molecule has 0 radical (unpaired) electrons. The molecule has 0 fully saturated rings. The molecule has 0 aliphatic heterocycles. The highest BCUT2D eigenvalue weighted by molar-refractivity contribution is 7.99. The Balaban J connectivity index is 2.74. The summed E-state index contributed by atoms with van der Waals surface area (Å²) in [5.41, 5.74) is 3.81. The molecule has 1 aromatic rings. The van der Waals surface area contributed by atoms with E-state index in [1.165, 1.54) is 11.3 Å². The van der Waals surface area contributed by atoms with Gasteiger partial charge in [-0.15, -0.1) is 0 Å². The van der Waals surface area contributed by atoms with Gasteiger partial charge in [-0.1, -0.05) is 6.92 Å². The van der Waals surface area contributed by atoms with Gasteiger partial charge in [0.05, 0.1) is 5.69 Å². The highest BCUT2D eigenvalue weighted by Crippen LogP contribution is 2.21. The number of nitrogens with one attached hydrogen (secondary N) is 1. The van der Waals surface area contributed by atoms with Gasteiger partial charge in [-0.2, -0.15) is 16.9 Å². The third-order valence-electron chi connectivity index (χ3n) is 3.28. The summed E-state index contributed by atoms with van der Waals surface area (Å²) in [5, 5.41) is 8.82. The van der Waals surface area contributed by atoms with E-state index in [2.05, 4.69) is 56.0 Å². The molecule has 4 heteroatoms. The fourth-order valence-electron chi connectivity index (χ4n) is 2.17. The lowest BCUT2D eigenvalue weighted by molar-refractivity contribution is 0.568. The first-order valence-electron chi connectivity index (χ1n) is 6.31. The summed E-state index contributed by atoms with van der Waals surface area (Å²) in [5.74, 6) is 0. The summed E-state index contributed by atoms with van der Waals surface area (Å²) in [6.45, 7) is 12.9. The van der Waals surface area contributed by atoms with Gasteiger partial charge in [0.15, 0.2) is 0 Å². The normalized spacial score (nSPS) is 14.9. The predicted octanol–water partition coefficient (Wildman–Crippen LogP) is 2.92. The molecule has 0 aliphatic rings. The van der Waals surface area contributed by atoms with Crippen molar-refractivity contribution in [2.45, 2.75) is 52.5 Å². The van der Waals surface area contributed by atoms with Gasteiger partial charge in [-0.05, 0) is 34.0 Å². The Labute approximate surface area is 109 Å². The molecule has 0 bridgehead atoms. The van der Waals surface area contributed by atoms with Crippen molar-refractivity contribution in [1.29, 1.82) is 0 Å². The Morgan fingerprint density at radius 1 is 1.35 bits per heavy atom. The average Bonchev–Trinajstić information content (AvgIpc) is 2.60. The van der Waals surface area contributed by atoms with E-state index in [9.17, 15) is 0 Å². The van der Waals surface area contributed by atoms with Crippen molar-refractivity contribution in [1.82, 2.24) is 15.1 Å². The van der Waals surface area contributed by atoms with Crippen molar-refractivity contribution in [3.63, 3.8) is 0 Å². The molecule has 0 saturated carbocycles. The van der Waals surface area contributed by atoms with E-state index < -0.39 is 0 Å². The first kappa shape index (κ1) is 14.6. The second-order valence-electron chi connectivity index (χ2n) is 4.58. The maximum Gasteiger partial charge on any atom is 0.0644 e. The maximum atomic E-state index is 4.57. The Morgan fingerprint density at radius 2 is 2.00 bits per heavy atom. The SMILES string of the molecule is CCn1nc(C)c(C(C)NCC(C)SC)c1C. The smallest absolute Gasteiger partial charge is 0.0644 e. The standard InChI is InChI=1S/C13H25N3S/c1-7-16-12(5)13(11(4)15-16)10(3)14-8-9(2)17-6/h9-10,14H,7-8H2,1-6H3. The van der Waals surface area contributed by atoms with Crippen molar-refractivity contribution in [3.05, 3.63) is 17.0 Å². The van der Waals surface area contributed by atoms with Gasteiger partial charge in [0.2, 0.25) is 0 Å². The molecule has 0 amide bonds. The lowest BCUT2D eigenvalue weighted by Crippen LogP contribution is -2.26. The van der Waals surface area contributed by atoms with Crippen LogP contribution in [0.4, 0.5) is 0 Å². The van der Waals surface area contributed by atoms with Crippen LogP contribution in [0.15, 0.2) is 0 Å². The average molecular weight is 255 g/mol. The number of nitrogens with zero attached hydrogens (tertiary/aromatic N) is 2. The van der Waals surface area contributed by atoms with E-state index in [1.807, 2.05) is 11.8 Å². The number of thioether (sulfide) groups is 1. The van der Waals surface area contributed by atoms with Crippen LogP contribution >= 0.6 is 11.8 Å². The van der Waals surface area contributed by atoms with Crippen LogP contribution in [0.1, 0.15) is 43.8 Å². The van der Waals surface area contributed by atoms with Crippen molar-refractivity contribution >= 4 is 11.8 Å². The molecule has 0 aromatic carbocycles. The summed E-state index contributed by atoms with van der Waals surface area (Å²) in [4.78, 5) is 0. The lowest BCUT2D eigenvalue weighted by Gasteiger charge is -2.17. The number of rotatable bonds is 6. The first-order chi connectivity index (χ1) is 8.01. The molecule has 1 aromatic heterocycles. The minimum Gasteiger partial charge on any atom is -0.309 e. The first-order valence-corrected chi connectivity index (χ1v) is 7.60. The van der Waals surface area contributed by atoms with Crippen LogP contribution in [-0.4, -0.2) is 27.8 Å². The second-order valence-corrected chi connectivity index (χ2v) is 5.85. The maximum absolute atomic E-state index is 4.57. The third kappa shape index (κ3) is 3.49. The Kier molecular flexibility index (Phi) is 5.53. The molecule has 1 rings (SSSR count). The monoisotopic (exact) mass is 255 g/mol. The van der Waals surface area contributed by atoms with Gasteiger partial charge in [0.25, 0.3) is 0 Å². The fourth-order valence-corrected chi connectivity index (χ4v) is 2.44. The van der Waals surface area contributed by atoms with Gasteiger partial charge < -0.3 is 5.32 Å². The van der Waals surface area contributed by atoms with Crippen LogP contribution in [0, 0.1) is 13.8 Å². The van der Waals surface area contributed by atoms with E-state index >= 15 is 0 Å². The zero-order valence-electron chi connectivity index (χ0n) is 11.9. The summed E-state index contributed by atoms with van der Waals surface area (Å²) < 4.78 is 2.08. The van der Waals surface area contributed by atoms with Gasteiger partial charge in [0, 0.05) is 35.6 Å². The van der Waals surface area contributed by atoms with Gasteiger partial charge in [0.1, 0.15) is 0 Å². The van der Waals surface area contributed by atoms with E-state index in [0.29, 0.717) is 11.3 Å². The zero-order valence-corrected chi connectivity index (χ0v) is 12.7. The van der Waals surface area contributed by atoms with Crippen molar-refractivity contribution in [3.8, 4) is 0 Å².